The highest BCUT2D eigenvalue weighted by Crippen LogP contribution is 2.19. The fraction of sp³-hybridized carbons (Fsp3) is 0.781. The van der Waals surface area contributed by atoms with Crippen molar-refractivity contribution in [3.63, 3.8) is 0 Å². The maximum atomic E-state index is 13.3. The summed E-state index contributed by atoms with van der Waals surface area (Å²) in [7, 11) is 0. The van der Waals surface area contributed by atoms with Crippen LogP contribution in [0.2, 0.25) is 0 Å². The Balaban J connectivity index is 4.65. The number of carbonyl (C=O) groups excluding carboxylic acids is 2. The highest BCUT2D eigenvalue weighted by Gasteiger charge is 2.24. The first-order valence-electron chi connectivity index (χ1n) is 30.2. The fourth-order valence-electron chi connectivity index (χ4n) is 9.05. The molecule has 3 N–H and O–H groups in total. The van der Waals surface area contributed by atoms with Crippen LogP contribution >= 0.6 is 0 Å². The van der Waals surface area contributed by atoms with Gasteiger partial charge >= 0.3 is 5.97 Å². The molecule has 0 spiro atoms. The van der Waals surface area contributed by atoms with E-state index in [1.165, 1.54) is 167 Å². The molecule has 0 aliphatic heterocycles. The number of aliphatic hydroxyl groups excluding tert-OH is 2. The van der Waals surface area contributed by atoms with Gasteiger partial charge in [-0.15, -0.1) is 0 Å². The van der Waals surface area contributed by atoms with Gasteiger partial charge in [-0.25, -0.2) is 0 Å². The number of allylic oxidation sites excluding steroid dienone is 12. The van der Waals surface area contributed by atoms with Gasteiger partial charge in [-0.3, -0.25) is 9.59 Å². The number of unbranched alkanes of at least 4 members (excludes halogenated alkanes) is 30. The topological polar surface area (TPSA) is 95.9 Å². The van der Waals surface area contributed by atoms with Gasteiger partial charge < -0.3 is 20.3 Å². The zero-order valence-electron chi connectivity index (χ0n) is 46.4. The SMILES string of the molecule is CC/C=C\C/C=C\C/C=C\C/C=C\C/C=C\C/C=C\CCC(=O)OC(CCCCCCCCCCCCCCCCCCC)CC(=O)NC(CO)C(O)CCCCCCCCCCCCCCCCC. The molecular formula is C64H115NO5. The van der Waals surface area contributed by atoms with E-state index in [9.17, 15) is 19.8 Å². The van der Waals surface area contributed by atoms with Gasteiger partial charge in [0.05, 0.1) is 25.2 Å². The standard InChI is InChI=1S/C64H115NO5/c1-4-7-10-13-16-19-22-25-28-30-31-33-36-39-42-45-48-51-54-57-64(69)70-60(55-52-49-46-43-40-37-35-32-29-26-23-20-17-14-11-8-5-2)58-63(68)65-61(59-66)62(67)56-53-50-47-44-41-38-34-27-24-21-18-15-12-9-6-3/h7,10,16,19,25,28,31,33,39,42,48,51,60-62,66-67H,4-6,8-9,11-15,17-18,20-24,26-27,29-30,32,34-38,40-41,43-47,49-50,52-59H2,1-3H3,(H,65,68)/b10-7-,19-16-,28-25-,33-31-,42-39-,51-48-. The Morgan fingerprint density at radius 3 is 1.09 bits per heavy atom. The van der Waals surface area contributed by atoms with Crippen LogP contribution in [0.25, 0.3) is 0 Å². The van der Waals surface area contributed by atoms with Gasteiger partial charge in [0.25, 0.3) is 0 Å². The Morgan fingerprint density at radius 1 is 0.429 bits per heavy atom. The number of carbonyl (C=O) groups is 2. The molecule has 0 saturated heterocycles. The van der Waals surface area contributed by atoms with E-state index in [4.69, 9.17) is 4.74 Å². The van der Waals surface area contributed by atoms with Gasteiger partial charge in [-0.2, -0.15) is 0 Å². The van der Waals surface area contributed by atoms with Crippen LogP contribution in [0.3, 0.4) is 0 Å². The zero-order valence-corrected chi connectivity index (χ0v) is 46.4. The van der Waals surface area contributed by atoms with Gasteiger partial charge in [0.15, 0.2) is 0 Å². The number of nitrogens with one attached hydrogen (secondary N) is 1. The molecule has 0 fully saturated rings. The minimum Gasteiger partial charge on any atom is -0.462 e. The Morgan fingerprint density at radius 2 is 0.743 bits per heavy atom. The van der Waals surface area contributed by atoms with Crippen molar-refractivity contribution in [1.82, 2.24) is 5.32 Å². The van der Waals surface area contributed by atoms with Crippen LogP contribution in [0.1, 0.15) is 297 Å². The average molecular weight is 979 g/mol. The van der Waals surface area contributed by atoms with Crippen LogP contribution in [0.5, 0.6) is 0 Å². The number of rotatable bonds is 54. The third kappa shape index (κ3) is 51.6. The van der Waals surface area contributed by atoms with E-state index in [-0.39, 0.29) is 31.3 Å². The van der Waals surface area contributed by atoms with Gasteiger partial charge in [-0.1, -0.05) is 293 Å². The third-order valence-electron chi connectivity index (χ3n) is 13.6. The van der Waals surface area contributed by atoms with E-state index >= 15 is 0 Å². The molecule has 0 radical (unpaired) electrons. The smallest absolute Gasteiger partial charge is 0.306 e. The molecule has 0 bridgehead atoms. The van der Waals surface area contributed by atoms with E-state index < -0.39 is 18.2 Å². The largest absolute Gasteiger partial charge is 0.462 e. The van der Waals surface area contributed by atoms with Crippen molar-refractivity contribution in [1.29, 1.82) is 0 Å². The first kappa shape index (κ1) is 67.3. The van der Waals surface area contributed by atoms with E-state index in [2.05, 4.69) is 92.9 Å². The molecule has 0 aromatic rings. The molecule has 3 unspecified atom stereocenters. The van der Waals surface area contributed by atoms with Gasteiger partial charge in [0.2, 0.25) is 5.91 Å². The molecular weight excluding hydrogens is 863 g/mol. The zero-order chi connectivity index (χ0) is 50.9. The average Bonchev–Trinajstić information content (AvgIpc) is 3.35. The lowest BCUT2D eigenvalue weighted by Gasteiger charge is -2.24. The van der Waals surface area contributed by atoms with E-state index in [0.29, 0.717) is 19.3 Å². The van der Waals surface area contributed by atoms with E-state index in [0.717, 1.165) is 77.0 Å². The molecule has 0 saturated carbocycles. The molecule has 1 amide bonds. The molecule has 0 aromatic carbocycles. The summed E-state index contributed by atoms with van der Waals surface area (Å²) in [4.78, 5) is 26.3. The Hall–Kier alpha value is -2.70. The number of amides is 1. The molecule has 0 rings (SSSR count). The van der Waals surface area contributed by atoms with Crippen LogP contribution in [0.4, 0.5) is 0 Å². The van der Waals surface area contributed by atoms with Crippen LogP contribution in [-0.4, -0.2) is 46.9 Å². The van der Waals surface area contributed by atoms with Crippen molar-refractivity contribution in [3.05, 3.63) is 72.9 Å². The number of hydrogen-bond donors (Lipinski definition) is 3. The third-order valence-corrected chi connectivity index (χ3v) is 13.6. The Kier molecular flexibility index (Phi) is 55.0. The first-order chi connectivity index (χ1) is 34.5. The van der Waals surface area contributed by atoms with Crippen molar-refractivity contribution < 1.29 is 24.5 Å². The molecule has 0 aliphatic rings. The van der Waals surface area contributed by atoms with Crippen LogP contribution < -0.4 is 5.32 Å². The molecule has 406 valence electrons. The monoisotopic (exact) mass is 978 g/mol. The summed E-state index contributed by atoms with van der Waals surface area (Å²) in [6, 6.07) is -0.719. The Labute approximate surface area is 434 Å². The summed E-state index contributed by atoms with van der Waals surface area (Å²) in [6.45, 7) is 6.39. The summed E-state index contributed by atoms with van der Waals surface area (Å²) >= 11 is 0. The Bertz CT molecular complexity index is 1280. The van der Waals surface area contributed by atoms with Crippen LogP contribution in [0, 0.1) is 0 Å². The predicted octanol–water partition coefficient (Wildman–Crippen LogP) is 18.9. The maximum Gasteiger partial charge on any atom is 0.306 e. The second-order valence-corrected chi connectivity index (χ2v) is 20.4. The lowest BCUT2D eigenvalue weighted by atomic mass is 10.0. The number of esters is 1. The van der Waals surface area contributed by atoms with Gasteiger partial charge in [0, 0.05) is 6.42 Å². The van der Waals surface area contributed by atoms with Gasteiger partial charge in [-0.05, 0) is 64.2 Å². The lowest BCUT2D eigenvalue weighted by molar-refractivity contribution is -0.150. The summed E-state index contributed by atoms with van der Waals surface area (Å²) in [5.74, 6) is -0.562. The second kappa shape index (κ2) is 57.2. The summed E-state index contributed by atoms with van der Waals surface area (Å²) < 4.78 is 5.93. The second-order valence-electron chi connectivity index (χ2n) is 20.4. The molecule has 0 aromatic heterocycles. The van der Waals surface area contributed by atoms with Crippen LogP contribution in [0.15, 0.2) is 72.9 Å². The van der Waals surface area contributed by atoms with E-state index in [1.54, 1.807) is 0 Å². The summed E-state index contributed by atoms with van der Waals surface area (Å²) in [6.07, 6.45) is 74.1. The minimum atomic E-state index is -0.802. The fourth-order valence-corrected chi connectivity index (χ4v) is 9.05. The van der Waals surface area contributed by atoms with Crippen molar-refractivity contribution in [2.45, 2.75) is 315 Å². The summed E-state index contributed by atoms with van der Waals surface area (Å²) in [5.41, 5.74) is 0. The molecule has 6 nitrogen and oxygen atoms in total. The van der Waals surface area contributed by atoms with Crippen molar-refractivity contribution in [2.24, 2.45) is 0 Å². The molecule has 0 heterocycles. The minimum absolute atomic E-state index is 0.0483. The molecule has 3 atom stereocenters. The number of aliphatic hydroxyl groups is 2. The summed E-state index contributed by atoms with van der Waals surface area (Å²) in [5, 5.41) is 23.9. The normalized spacial score (nSPS) is 13.6. The van der Waals surface area contributed by atoms with Crippen molar-refractivity contribution in [3.8, 4) is 0 Å². The molecule has 0 aliphatic carbocycles. The van der Waals surface area contributed by atoms with Crippen molar-refractivity contribution in [2.75, 3.05) is 6.61 Å². The van der Waals surface area contributed by atoms with Crippen LogP contribution in [-0.2, 0) is 14.3 Å². The van der Waals surface area contributed by atoms with E-state index in [1.807, 2.05) is 6.08 Å². The maximum absolute atomic E-state index is 13.3. The molecule has 6 heteroatoms. The lowest BCUT2D eigenvalue weighted by Crippen LogP contribution is -2.46. The highest BCUT2D eigenvalue weighted by atomic mass is 16.5. The highest BCUT2D eigenvalue weighted by molar-refractivity contribution is 5.77. The number of hydrogen-bond acceptors (Lipinski definition) is 5. The van der Waals surface area contributed by atoms with Gasteiger partial charge in [0.1, 0.15) is 6.10 Å². The quantitative estimate of drug-likeness (QED) is 0.0321. The first-order valence-corrected chi connectivity index (χ1v) is 30.2. The number of ether oxygens (including phenoxy) is 1. The van der Waals surface area contributed by atoms with Crippen molar-refractivity contribution >= 4 is 11.9 Å². The molecule has 70 heavy (non-hydrogen) atoms. The predicted molar refractivity (Wildman–Crippen MR) is 305 cm³/mol.